The van der Waals surface area contributed by atoms with Crippen LogP contribution >= 0.6 is 0 Å². The minimum absolute atomic E-state index is 0.139. The maximum atomic E-state index is 13.1. The van der Waals surface area contributed by atoms with Gasteiger partial charge in [0.1, 0.15) is 31.8 Å². The number of morpholine rings is 1. The van der Waals surface area contributed by atoms with Gasteiger partial charge in [-0.3, -0.25) is 19.2 Å². The van der Waals surface area contributed by atoms with Crippen molar-refractivity contribution in [3.8, 4) is 0 Å². The van der Waals surface area contributed by atoms with Crippen molar-refractivity contribution in [1.29, 1.82) is 0 Å². The van der Waals surface area contributed by atoms with Crippen molar-refractivity contribution < 1.29 is 53.9 Å². The van der Waals surface area contributed by atoms with Gasteiger partial charge < -0.3 is 85.0 Å². The lowest BCUT2D eigenvalue weighted by Crippen LogP contribution is -2.38. The third-order valence-corrected chi connectivity index (χ3v) is 18.0. The summed E-state index contributed by atoms with van der Waals surface area (Å²) in [6, 6.07) is 18.8. The molecule has 1 aliphatic heterocycles. The molecule has 2 fully saturated rings. The van der Waals surface area contributed by atoms with Crippen molar-refractivity contribution in [2.24, 2.45) is 0 Å². The second kappa shape index (κ2) is 42.5. The Bertz CT molecular complexity index is 4740. The van der Waals surface area contributed by atoms with Crippen LogP contribution in [0.5, 0.6) is 0 Å². The van der Waals surface area contributed by atoms with Gasteiger partial charge in [-0.1, -0.05) is 139 Å². The van der Waals surface area contributed by atoms with Crippen molar-refractivity contribution in [3.63, 3.8) is 0 Å². The summed E-state index contributed by atoms with van der Waals surface area (Å²) in [7, 11) is 0. The summed E-state index contributed by atoms with van der Waals surface area (Å²) in [6.07, 6.45) is 22.9. The normalized spacial score (nSPS) is 12.9. The lowest BCUT2D eigenvalue weighted by Gasteiger charge is -2.28. The summed E-state index contributed by atoms with van der Waals surface area (Å²) in [4.78, 5) is 115. The van der Waals surface area contributed by atoms with Crippen LogP contribution in [-0.4, -0.2) is 193 Å². The molecular formula is C78H108N24O11. The average Bonchev–Trinajstić information content (AvgIpc) is 1.71. The highest BCUT2D eigenvalue weighted by molar-refractivity contribution is 5.91. The number of carbonyl (C=O) groups is 5. The van der Waals surface area contributed by atoms with Crippen LogP contribution in [0.1, 0.15) is 168 Å². The first-order valence-electron chi connectivity index (χ1n) is 38.8. The summed E-state index contributed by atoms with van der Waals surface area (Å²) < 4.78 is 17.1. The molecule has 35 nitrogen and oxygen atoms in total. The number of hydrogen-bond acceptors (Lipinski definition) is 26. The van der Waals surface area contributed by atoms with Gasteiger partial charge in [-0.25, -0.2) is 29.6 Å². The molecule has 0 unspecified atom stereocenters. The SMILES string of the molecule is C=CCNc1nc(NCCCCC)nc2c1ncn2CC(=O)O.CCCCCN(C(=O)OC(C)(C)C)c1nc(NCc2ccccc2)c2ncn(CC(=O)O)c2n1.CCCCCNc1nc(NC(C)C)c2ncn(CC(=O)O)c2n1.O=C(O)Cn1cnc2c(N3CCOCC3)nc(NCc3ccc(C4CCCCC4)cc3)nc21. The molecule has 10 N–H and O–H groups in total. The zero-order chi connectivity index (χ0) is 80.8. The lowest BCUT2D eigenvalue weighted by molar-refractivity contribution is -0.138. The van der Waals surface area contributed by atoms with E-state index in [1.807, 2.05) is 44.2 Å². The number of benzene rings is 2. The van der Waals surface area contributed by atoms with Gasteiger partial charge in [0.05, 0.1) is 38.5 Å². The third-order valence-electron chi connectivity index (χ3n) is 18.0. The number of imidazole rings is 4. The van der Waals surface area contributed by atoms with Crippen LogP contribution in [0.15, 0.2) is 92.6 Å². The average molecular weight is 1560 g/mol. The number of amides is 1. The maximum Gasteiger partial charge on any atom is 0.417 e. The van der Waals surface area contributed by atoms with E-state index in [-0.39, 0.29) is 38.2 Å². The van der Waals surface area contributed by atoms with Crippen LogP contribution in [0.3, 0.4) is 0 Å². The molecule has 1 saturated heterocycles. The fourth-order valence-electron chi connectivity index (χ4n) is 12.5. The molecule has 1 saturated carbocycles. The smallest absolute Gasteiger partial charge is 0.417 e. The van der Waals surface area contributed by atoms with Crippen molar-refractivity contribution in [2.75, 3.05) is 94.2 Å². The summed E-state index contributed by atoms with van der Waals surface area (Å²) in [5.41, 5.74) is 6.96. The van der Waals surface area contributed by atoms with E-state index in [9.17, 15) is 34.2 Å². The number of anilines is 8. The molecule has 1 amide bonds. The zero-order valence-corrected chi connectivity index (χ0v) is 65.9. The number of ether oxygens (including phenoxy) is 2. The number of carbonyl (C=O) groups excluding carboxylic acids is 1. The van der Waals surface area contributed by atoms with Crippen LogP contribution in [0.2, 0.25) is 0 Å². The number of carboxylic acids is 4. The first kappa shape index (κ1) is 85.1. The first-order chi connectivity index (χ1) is 54.5. The second-order valence-corrected chi connectivity index (χ2v) is 28.7. The van der Waals surface area contributed by atoms with Crippen LogP contribution in [0.4, 0.5) is 51.9 Å². The molecule has 8 aromatic heterocycles. The van der Waals surface area contributed by atoms with Gasteiger partial charge in [-0.15, -0.1) is 6.58 Å². The lowest BCUT2D eigenvalue weighted by atomic mass is 9.84. The summed E-state index contributed by atoms with van der Waals surface area (Å²) in [5.74, 6) is 0.725. The number of hydrogen-bond donors (Lipinski definition) is 10. The highest BCUT2D eigenvalue weighted by Gasteiger charge is 2.29. The van der Waals surface area contributed by atoms with E-state index < -0.39 is 35.6 Å². The first-order valence-corrected chi connectivity index (χ1v) is 38.8. The van der Waals surface area contributed by atoms with E-state index in [1.165, 1.54) is 81.6 Å². The number of unbranched alkanes of at least 4 members (excludes halogenated alkanes) is 6. The second-order valence-electron chi connectivity index (χ2n) is 28.7. The molecule has 2 aliphatic rings. The van der Waals surface area contributed by atoms with Crippen LogP contribution in [0.25, 0.3) is 44.7 Å². The van der Waals surface area contributed by atoms with E-state index in [1.54, 1.807) is 31.4 Å². The Morgan fingerprint density at radius 3 is 1.51 bits per heavy atom. The Kier molecular flexibility index (Phi) is 32.0. The Hall–Kier alpha value is -11.9. The Balaban J connectivity index is 0.000000176. The highest BCUT2D eigenvalue weighted by atomic mass is 16.6. The largest absolute Gasteiger partial charge is 0.480 e. The van der Waals surface area contributed by atoms with E-state index in [0.29, 0.717) is 144 Å². The van der Waals surface area contributed by atoms with Crippen molar-refractivity contribution >= 4 is 122 Å². The van der Waals surface area contributed by atoms with E-state index in [2.05, 4.69) is 143 Å². The van der Waals surface area contributed by atoms with Crippen molar-refractivity contribution in [3.05, 3.63) is 109 Å². The fraction of sp³-hybridized carbons (Fsp3) is 0.500. The molecule has 0 atom stereocenters. The number of carboxylic acid groups (broad SMARTS) is 4. The minimum atomic E-state index is -1.02. The van der Waals surface area contributed by atoms with Crippen molar-refractivity contribution in [1.82, 2.24) is 78.1 Å². The molecule has 2 aromatic carbocycles. The van der Waals surface area contributed by atoms with Gasteiger partial charge in [-0.05, 0) is 89.3 Å². The molecule has 35 heteroatoms. The van der Waals surface area contributed by atoms with Gasteiger partial charge in [-0.2, -0.15) is 39.9 Å². The molecule has 12 rings (SSSR count). The fourth-order valence-corrected chi connectivity index (χ4v) is 12.5. The highest BCUT2D eigenvalue weighted by Crippen LogP contribution is 2.34. The minimum Gasteiger partial charge on any atom is -0.480 e. The molecule has 0 bridgehead atoms. The van der Waals surface area contributed by atoms with Crippen LogP contribution < -0.4 is 41.7 Å². The predicted molar refractivity (Wildman–Crippen MR) is 435 cm³/mol. The van der Waals surface area contributed by atoms with E-state index >= 15 is 0 Å². The Labute approximate surface area is 656 Å². The van der Waals surface area contributed by atoms with Gasteiger partial charge in [0, 0.05) is 58.4 Å². The quantitative estimate of drug-likeness (QED) is 0.0129. The summed E-state index contributed by atoms with van der Waals surface area (Å²) >= 11 is 0. The molecule has 606 valence electrons. The van der Waals surface area contributed by atoms with Crippen molar-refractivity contribution in [2.45, 2.75) is 202 Å². The number of rotatable bonds is 36. The number of nitrogens with one attached hydrogen (secondary N) is 6. The van der Waals surface area contributed by atoms with Crippen LogP contribution in [0, 0.1) is 0 Å². The Morgan fingerprint density at radius 2 is 1.01 bits per heavy atom. The molecule has 9 heterocycles. The van der Waals surface area contributed by atoms with Gasteiger partial charge in [0.25, 0.3) is 0 Å². The number of nitrogens with zero attached hydrogens (tertiary/aromatic N) is 18. The number of fused-ring (bicyclic) bond motifs is 4. The standard InChI is InChI=1S/C24H32N6O4.C24H30N6O3.C15H24N6O2.C15H22N6O2/c1-5-6-10-13-30(23(33)34-24(2,3)4)22-27-20(25-14-17-11-8-7-9-12-17)19-21(28-22)29(16-26-19)15-18(31)32;31-20(32)15-30-16-26-21-22(29-10-12-33-13-11-29)27-24(28-23(21)30)25-14-17-6-8-19(9-7-17)18-4-2-1-3-5-18;1-4-5-6-7-16-15-19-13(18-10(2)3)12-14(20-15)21(9-17-12)8-11(22)23;1-3-5-6-8-17-15-19-13(16-7-4-2)12-14(20-15)21(10-18-12)9-11(22)23/h7-9,11-12,16H,5-6,10,13-15H2,1-4H3,(H,31,32)(H,25,27,28);6-9,16,18H,1-5,10-15H2,(H,31,32)(H,25,27,28);9-10H,4-8H2,1-3H3,(H,22,23)(H2,16,18,19,20);4,10H,2-3,5-9H2,1H3,(H,22,23)(H2,16,17,19,20). The van der Waals surface area contributed by atoms with Crippen LogP contribution in [-0.2, 0) is 67.9 Å². The molecular weight excluding hydrogens is 1450 g/mol. The van der Waals surface area contributed by atoms with E-state index in [4.69, 9.17) is 24.7 Å². The van der Waals surface area contributed by atoms with Gasteiger partial charge >= 0.3 is 30.0 Å². The number of aromatic nitrogens is 16. The third kappa shape index (κ3) is 25.6. The summed E-state index contributed by atoms with van der Waals surface area (Å²) in [6.45, 7) is 24.8. The summed E-state index contributed by atoms with van der Waals surface area (Å²) in [5, 5.41) is 55.9. The zero-order valence-electron chi connectivity index (χ0n) is 65.9. The molecule has 113 heavy (non-hydrogen) atoms. The Morgan fingerprint density at radius 1 is 0.549 bits per heavy atom. The maximum absolute atomic E-state index is 13.1. The molecule has 0 radical (unpaired) electrons. The van der Waals surface area contributed by atoms with E-state index in [0.717, 1.165) is 82.0 Å². The van der Waals surface area contributed by atoms with Gasteiger partial charge in [0.2, 0.25) is 23.8 Å². The number of aliphatic carboxylic acids is 4. The monoisotopic (exact) mass is 1560 g/mol. The predicted octanol–water partition coefficient (Wildman–Crippen LogP) is 12.3. The molecule has 1 aliphatic carbocycles. The molecule has 10 aromatic rings. The molecule has 0 spiro atoms. The van der Waals surface area contributed by atoms with Gasteiger partial charge in [0.15, 0.2) is 67.9 Å². The topological polar surface area (TPSA) is 438 Å².